The van der Waals surface area contributed by atoms with Crippen molar-refractivity contribution in [3.8, 4) is 0 Å². The summed E-state index contributed by atoms with van der Waals surface area (Å²) in [5.41, 5.74) is 9.71. The molecule has 0 amide bonds. The van der Waals surface area contributed by atoms with Crippen LogP contribution in [-0.4, -0.2) is 25.0 Å². The van der Waals surface area contributed by atoms with Gasteiger partial charge in [-0.3, -0.25) is 0 Å². The smallest absolute Gasteiger partial charge is 0.0231 e. The molecule has 0 aliphatic rings. The van der Waals surface area contributed by atoms with Gasteiger partial charge in [-0.2, -0.15) is 0 Å². The van der Waals surface area contributed by atoms with E-state index in [2.05, 4.69) is 50.9 Å². The summed E-state index contributed by atoms with van der Waals surface area (Å²) in [6.45, 7) is 9.32. The molecule has 0 aliphatic heterocycles. The second kappa shape index (κ2) is 6.02. The van der Waals surface area contributed by atoms with E-state index < -0.39 is 0 Å². The van der Waals surface area contributed by atoms with Gasteiger partial charge in [-0.15, -0.1) is 0 Å². The van der Waals surface area contributed by atoms with Crippen molar-refractivity contribution in [2.24, 2.45) is 11.7 Å². The van der Waals surface area contributed by atoms with Gasteiger partial charge in [0.05, 0.1) is 0 Å². The molecule has 1 unspecified atom stereocenters. The second-order valence-electron chi connectivity index (χ2n) is 5.03. The normalized spacial score (nSPS) is 13.1. The van der Waals surface area contributed by atoms with Crippen molar-refractivity contribution in [1.29, 1.82) is 0 Å². The number of hydrogen-bond donors (Lipinski definition) is 1. The van der Waals surface area contributed by atoms with Crippen LogP contribution in [0.5, 0.6) is 0 Å². The molecule has 1 rings (SSSR count). The Morgan fingerprint density at radius 1 is 1.19 bits per heavy atom. The molecule has 1 aromatic carbocycles. The zero-order valence-corrected chi connectivity index (χ0v) is 11.0. The average molecular weight is 220 g/mol. The molecule has 0 saturated heterocycles. The standard InChI is InChI=1S/C14H24N2/c1-11-5-12(2)7-14(6-11)10-16(4)9-13(3)8-15/h5-7,13H,8-10,15H2,1-4H3. The molecule has 0 saturated carbocycles. The van der Waals surface area contributed by atoms with Gasteiger partial charge in [-0.1, -0.05) is 36.2 Å². The van der Waals surface area contributed by atoms with Crippen molar-refractivity contribution in [3.05, 3.63) is 34.9 Å². The van der Waals surface area contributed by atoms with Crippen molar-refractivity contribution < 1.29 is 0 Å². The van der Waals surface area contributed by atoms with Crippen LogP contribution in [0.15, 0.2) is 18.2 Å². The highest BCUT2D eigenvalue weighted by molar-refractivity contribution is 5.28. The molecule has 2 N–H and O–H groups in total. The summed E-state index contributed by atoms with van der Waals surface area (Å²) in [4.78, 5) is 2.34. The maximum absolute atomic E-state index is 5.64. The number of rotatable bonds is 5. The zero-order chi connectivity index (χ0) is 12.1. The quantitative estimate of drug-likeness (QED) is 0.825. The molecule has 0 fully saturated rings. The highest BCUT2D eigenvalue weighted by Crippen LogP contribution is 2.11. The molecule has 16 heavy (non-hydrogen) atoms. The van der Waals surface area contributed by atoms with Crippen molar-refractivity contribution >= 4 is 0 Å². The fourth-order valence-corrected chi connectivity index (χ4v) is 2.14. The molecule has 0 heterocycles. The first-order chi connectivity index (χ1) is 7.51. The first kappa shape index (κ1) is 13.2. The van der Waals surface area contributed by atoms with E-state index in [1.807, 2.05) is 0 Å². The van der Waals surface area contributed by atoms with Crippen LogP contribution >= 0.6 is 0 Å². The van der Waals surface area contributed by atoms with Gasteiger partial charge in [-0.25, -0.2) is 0 Å². The van der Waals surface area contributed by atoms with Crippen LogP contribution in [0.25, 0.3) is 0 Å². The van der Waals surface area contributed by atoms with Gasteiger partial charge < -0.3 is 10.6 Å². The Labute approximate surface area is 99.5 Å². The summed E-state index contributed by atoms with van der Waals surface area (Å²) in [7, 11) is 2.16. The summed E-state index contributed by atoms with van der Waals surface area (Å²) < 4.78 is 0. The maximum Gasteiger partial charge on any atom is 0.0231 e. The van der Waals surface area contributed by atoms with Gasteiger partial charge in [0, 0.05) is 13.1 Å². The summed E-state index contributed by atoms with van der Waals surface area (Å²) in [5, 5.41) is 0. The molecular formula is C14H24N2. The number of hydrogen-bond acceptors (Lipinski definition) is 2. The van der Waals surface area contributed by atoms with E-state index in [9.17, 15) is 0 Å². The predicted octanol–water partition coefficient (Wildman–Crippen LogP) is 2.33. The van der Waals surface area contributed by atoms with E-state index in [4.69, 9.17) is 5.73 Å². The third kappa shape index (κ3) is 4.33. The zero-order valence-electron chi connectivity index (χ0n) is 11.0. The summed E-state index contributed by atoms with van der Waals surface area (Å²) in [6, 6.07) is 6.74. The first-order valence-corrected chi connectivity index (χ1v) is 5.97. The molecule has 2 nitrogen and oxygen atoms in total. The number of nitrogens with zero attached hydrogens (tertiary/aromatic N) is 1. The van der Waals surface area contributed by atoms with Crippen molar-refractivity contribution in [2.75, 3.05) is 20.1 Å². The second-order valence-corrected chi connectivity index (χ2v) is 5.03. The highest BCUT2D eigenvalue weighted by Gasteiger charge is 2.05. The third-order valence-corrected chi connectivity index (χ3v) is 2.76. The Hall–Kier alpha value is -0.860. The van der Waals surface area contributed by atoms with Gasteiger partial charge in [0.1, 0.15) is 0 Å². The topological polar surface area (TPSA) is 29.3 Å². The van der Waals surface area contributed by atoms with Crippen LogP contribution in [0.3, 0.4) is 0 Å². The van der Waals surface area contributed by atoms with E-state index >= 15 is 0 Å². The Bertz CT molecular complexity index is 313. The van der Waals surface area contributed by atoms with E-state index in [1.54, 1.807) is 0 Å². The summed E-state index contributed by atoms with van der Waals surface area (Å²) >= 11 is 0. The largest absolute Gasteiger partial charge is 0.330 e. The van der Waals surface area contributed by atoms with Crippen LogP contribution in [0.1, 0.15) is 23.6 Å². The van der Waals surface area contributed by atoms with E-state index in [1.165, 1.54) is 16.7 Å². The van der Waals surface area contributed by atoms with Crippen LogP contribution < -0.4 is 5.73 Å². The van der Waals surface area contributed by atoms with Crippen LogP contribution in [-0.2, 0) is 6.54 Å². The Kier molecular flexibility index (Phi) is 4.97. The Morgan fingerprint density at radius 2 is 1.75 bits per heavy atom. The van der Waals surface area contributed by atoms with E-state index in [0.29, 0.717) is 5.92 Å². The molecule has 90 valence electrons. The van der Waals surface area contributed by atoms with Gasteiger partial charge in [0.15, 0.2) is 0 Å². The summed E-state index contributed by atoms with van der Waals surface area (Å²) in [6.07, 6.45) is 0. The maximum atomic E-state index is 5.64. The fraction of sp³-hybridized carbons (Fsp3) is 0.571. The van der Waals surface area contributed by atoms with Crippen molar-refractivity contribution in [1.82, 2.24) is 4.90 Å². The van der Waals surface area contributed by atoms with Crippen molar-refractivity contribution in [3.63, 3.8) is 0 Å². The molecule has 2 heteroatoms. The lowest BCUT2D eigenvalue weighted by Crippen LogP contribution is -2.28. The average Bonchev–Trinajstić information content (AvgIpc) is 2.15. The number of aryl methyl sites for hydroxylation is 2. The SMILES string of the molecule is Cc1cc(C)cc(CN(C)CC(C)CN)c1. The number of nitrogens with two attached hydrogens (primary N) is 1. The first-order valence-electron chi connectivity index (χ1n) is 5.97. The van der Waals surface area contributed by atoms with Gasteiger partial charge in [0.2, 0.25) is 0 Å². The van der Waals surface area contributed by atoms with Crippen LogP contribution in [0, 0.1) is 19.8 Å². The fourth-order valence-electron chi connectivity index (χ4n) is 2.14. The molecule has 0 bridgehead atoms. The van der Waals surface area contributed by atoms with Crippen LogP contribution in [0.2, 0.25) is 0 Å². The molecule has 1 atom stereocenters. The third-order valence-electron chi connectivity index (χ3n) is 2.76. The minimum absolute atomic E-state index is 0.566. The van der Waals surface area contributed by atoms with Gasteiger partial charge in [0.25, 0.3) is 0 Å². The minimum Gasteiger partial charge on any atom is -0.330 e. The molecule has 0 spiro atoms. The number of benzene rings is 1. The Morgan fingerprint density at radius 3 is 2.25 bits per heavy atom. The predicted molar refractivity (Wildman–Crippen MR) is 70.5 cm³/mol. The Balaban J connectivity index is 2.58. The van der Waals surface area contributed by atoms with Gasteiger partial charge in [-0.05, 0) is 38.9 Å². The highest BCUT2D eigenvalue weighted by atomic mass is 15.1. The van der Waals surface area contributed by atoms with Gasteiger partial charge >= 0.3 is 0 Å². The van der Waals surface area contributed by atoms with Crippen LogP contribution in [0.4, 0.5) is 0 Å². The lowest BCUT2D eigenvalue weighted by atomic mass is 10.1. The van der Waals surface area contributed by atoms with E-state index in [0.717, 1.165) is 19.6 Å². The molecule has 0 aromatic heterocycles. The monoisotopic (exact) mass is 220 g/mol. The van der Waals surface area contributed by atoms with E-state index in [-0.39, 0.29) is 0 Å². The molecule has 0 aliphatic carbocycles. The molecular weight excluding hydrogens is 196 g/mol. The molecule has 1 aromatic rings. The lowest BCUT2D eigenvalue weighted by Gasteiger charge is -2.20. The minimum atomic E-state index is 0.566. The molecule has 0 radical (unpaired) electrons. The lowest BCUT2D eigenvalue weighted by molar-refractivity contribution is 0.282. The van der Waals surface area contributed by atoms with Crippen molar-refractivity contribution in [2.45, 2.75) is 27.3 Å². The summed E-state index contributed by atoms with van der Waals surface area (Å²) in [5.74, 6) is 0.566.